The third kappa shape index (κ3) is 5.83. The number of carbonyl (C=O) groups excluding carboxylic acids is 1. The van der Waals surface area contributed by atoms with Crippen LogP contribution in [0.3, 0.4) is 0 Å². The number of benzene rings is 1. The first-order chi connectivity index (χ1) is 18.4. The summed E-state index contributed by atoms with van der Waals surface area (Å²) in [5, 5.41) is 2.78. The van der Waals surface area contributed by atoms with Crippen LogP contribution < -0.4 is 11.1 Å². The van der Waals surface area contributed by atoms with Crippen molar-refractivity contribution in [1.29, 1.82) is 0 Å². The summed E-state index contributed by atoms with van der Waals surface area (Å²) < 4.78 is 26.1. The molecule has 0 bridgehead atoms. The van der Waals surface area contributed by atoms with Gasteiger partial charge < -0.3 is 29.6 Å². The quantitative estimate of drug-likeness (QED) is 0.460. The molecule has 0 saturated carbocycles. The molecule has 12 nitrogen and oxygen atoms in total. The first kappa shape index (κ1) is 27.3. The number of carbonyl (C=O) groups is 1. The predicted molar refractivity (Wildman–Crippen MR) is 145 cm³/mol. The number of nitrogens with two attached hydrogens (primary N) is 1. The Morgan fingerprint density at radius 3 is 2.59 bits per heavy atom. The van der Waals surface area contributed by atoms with E-state index in [1.54, 1.807) is 6.33 Å². The first-order valence-electron chi connectivity index (χ1n) is 13.1. The number of rotatable bonds is 7. The highest BCUT2D eigenvalue weighted by molar-refractivity contribution is 5.84. The van der Waals surface area contributed by atoms with E-state index in [1.807, 2.05) is 54.6 Å². The van der Waals surface area contributed by atoms with E-state index in [4.69, 9.17) is 24.7 Å². The lowest BCUT2D eigenvalue weighted by atomic mass is 9.87. The third-order valence-corrected chi connectivity index (χ3v) is 6.98. The summed E-state index contributed by atoms with van der Waals surface area (Å²) in [5.41, 5.74) is 8.99. The lowest BCUT2D eigenvalue weighted by Gasteiger charge is -2.27. The maximum Gasteiger partial charge on any atom is 0.411 e. The zero-order valence-electron chi connectivity index (χ0n) is 23.2. The number of anilines is 2. The molecule has 2 aliphatic rings. The summed E-state index contributed by atoms with van der Waals surface area (Å²) in [5.74, 6) is -0.454. The van der Waals surface area contributed by atoms with Crippen molar-refractivity contribution in [2.24, 2.45) is 0 Å². The number of nitrogen functional groups attached to an aromatic ring is 1. The summed E-state index contributed by atoms with van der Waals surface area (Å²) in [6, 6.07) is 7.78. The van der Waals surface area contributed by atoms with E-state index in [2.05, 4.69) is 41.0 Å². The Balaban J connectivity index is 1.16. The van der Waals surface area contributed by atoms with E-state index in [0.29, 0.717) is 35.8 Å². The number of hydrogen-bond acceptors (Lipinski definition) is 10. The molecule has 1 unspecified atom stereocenters. The van der Waals surface area contributed by atoms with Gasteiger partial charge in [-0.1, -0.05) is 32.9 Å². The molecule has 0 aliphatic carbocycles. The zero-order chi connectivity index (χ0) is 27.9. The molecule has 4 atom stereocenters. The molecule has 0 radical (unpaired) electrons. The predicted octanol–water partition coefficient (Wildman–Crippen LogP) is 3.30. The Bertz CT molecular complexity index is 1320. The second-order valence-corrected chi connectivity index (χ2v) is 11.6. The second kappa shape index (κ2) is 10.3. The second-order valence-electron chi connectivity index (χ2n) is 11.6. The number of hydrogen-bond donors (Lipinski definition) is 2. The summed E-state index contributed by atoms with van der Waals surface area (Å²) in [4.78, 5) is 27.1. The molecule has 2 fully saturated rings. The van der Waals surface area contributed by atoms with Gasteiger partial charge in [-0.15, -0.1) is 0 Å². The molecule has 0 spiro atoms. The topological polar surface area (TPSA) is 139 Å². The van der Waals surface area contributed by atoms with Gasteiger partial charge in [0.1, 0.15) is 36.8 Å². The number of nitrogens with one attached hydrogen (secondary N) is 1. The number of imidazole rings is 1. The highest BCUT2D eigenvalue weighted by atomic mass is 16.8. The van der Waals surface area contributed by atoms with E-state index in [1.165, 1.54) is 11.9 Å². The molecule has 12 heteroatoms. The fraction of sp³-hybridized carbons (Fsp3) is 0.556. The number of amides is 1. The Morgan fingerprint density at radius 2 is 1.87 bits per heavy atom. The first-order valence-corrected chi connectivity index (χ1v) is 13.1. The SMILES string of the molecule is CN(CCOC(=O)Nc1ccc(C(C)(C)C)cc1)C[C@H]1OC(n2cnc3c(N)ncnc32)[C@@H]2OC(C)(C)O[C@H]12. The van der Waals surface area contributed by atoms with Gasteiger partial charge in [-0.2, -0.15) is 0 Å². The number of likely N-dealkylation sites (N-methyl/N-ethyl adjacent to an activating group) is 1. The third-order valence-electron chi connectivity index (χ3n) is 6.98. The maximum atomic E-state index is 12.3. The molecule has 1 aromatic carbocycles. The van der Waals surface area contributed by atoms with E-state index < -0.39 is 18.1 Å². The molecule has 39 heavy (non-hydrogen) atoms. The van der Waals surface area contributed by atoms with E-state index in [9.17, 15) is 4.79 Å². The standard InChI is InChI=1S/C27H37N7O5/c1-26(2,3)16-7-9-17(10-8-16)32-25(35)36-12-11-33(6)13-18-20-21(39-27(4,5)38-20)24(37-18)34-15-31-19-22(28)29-14-30-23(19)34/h7-10,14-15,18,20-21,24H,11-13H2,1-6H3,(H,32,35)(H2,28,29,30)/t18-,20-,21-,24?/m1/s1. The highest BCUT2D eigenvalue weighted by Crippen LogP contribution is 2.44. The maximum absolute atomic E-state index is 12.3. The molecular formula is C27H37N7O5. The minimum absolute atomic E-state index is 0.0486. The molecular weight excluding hydrogens is 502 g/mol. The molecule has 2 saturated heterocycles. The summed E-state index contributed by atoms with van der Waals surface area (Å²) >= 11 is 0. The molecule has 2 aliphatic heterocycles. The van der Waals surface area contributed by atoms with Gasteiger partial charge in [0.05, 0.1) is 6.33 Å². The van der Waals surface area contributed by atoms with Crippen molar-refractivity contribution in [3.8, 4) is 0 Å². The molecule has 210 valence electrons. The lowest BCUT2D eigenvalue weighted by molar-refractivity contribution is -0.197. The van der Waals surface area contributed by atoms with Crippen LogP contribution in [-0.2, 0) is 24.4 Å². The van der Waals surface area contributed by atoms with Gasteiger partial charge in [-0.3, -0.25) is 9.88 Å². The lowest BCUT2D eigenvalue weighted by Crippen LogP contribution is -2.39. The minimum atomic E-state index is -0.759. The zero-order valence-corrected chi connectivity index (χ0v) is 23.2. The molecule has 2 aromatic heterocycles. The van der Waals surface area contributed by atoms with Crippen LogP contribution >= 0.6 is 0 Å². The van der Waals surface area contributed by atoms with Gasteiger partial charge in [-0.05, 0) is 44.0 Å². The van der Waals surface area contributed by atoms with Crippen LogP contribution in [-0.4, -0.2) is 81.4 Å². The summed E-state index contributed by atoms with van der Waals surface area (Å²) in [7, 11) is 1.94. The van der Waals surface area contributed by atoms with Gasteiger partial charge in [0.2, 0.25) is 0 Å². The Morgan fingerprint density at radius 1 is 1.15 bits per heavy atom. The highest BCUT2D eigenvalue weighted by Gasteiger charge is 2.56. The van der Waals surface area contributed by atoms with E-state index >= 15 is 0 Å². The largest absolute Gasteiger partial charge is 0.448 e. The summed E-state index contributed by atoms with van der Waals surface area (Å²) in [6.45, 7) is 11.5. The van der Waals surface area contributed by atoms with Crippen molar-refractivity contribution < 1.29 is 23.7 Å². The van der Waals surface area contributed by atoms with Gasteiger partial charge in [0.15, 0.2) is 23.5 Å². The van der Waals surface area contributed by atoms with Crippen LogP contribution in [0.1, 0.15) is 46.4 Å². The van der Waals surface area contributed by atoms with Crippen LogP contribution in [0.2, 0.25) is 0 Å². The smallest absolute Gasteiger partial charge is 0.411 e. The van der Waals surface area contributed by atoms with Gasteiger partial charge in [-0.25, -0.2) is 19.7 Å². The van der Waals surface area contributed by atoms with Crippen molar-refractivity contribution in [3.63, 3.8) is 0 Å². The average Bonchev–Trinajstić information content (AvgIpc) is 3.51. The van der Waals surface area contributed by atoms with Crippen LogP contribution in [0, 0.1) is 0 Å². The van der Waals surface area contributed by atoms with Crippen molar-refractivity contribution in [1.82, 2.24) is 24.4 Å². The minimum Gasteiger partial charge on any atom is -0.448 e. The van der Waals surface area contributed by atoms with E-state index in [0.717, 1.165) is 0 Å². The Hall–Kier alpha value is -3.32. The van der Waals surface area contributed by atoms with Crippen molar-refractivity contribution in [3.05, 3.63) is 42.5 Å². The van der Waals surface area contributed by atoms with Crippen molar-refractivity contribution in [2.75, 3.05) is 37.8 Å². The normalized spacial score (nSPS) is 24.3. The molecule has 5 rings (SSSR count). The number of aromatic nitrogens is 4. The van der Waals surface area contributed by atoms with Gasteiger partial charge in [0.25, 0.3) is 0 Å². The number of nitrogens with zero attached hydrogens (tertiary/aromatic N) is 5. The van der Waals surface area contributed by atoms with Crippen LogP contribution in [0.4, 0.5) is 16.3 Å². The van der Waals surface area contributed by atoms with Crippen LogP contribution in [0.25, 0.3) is 11.2 Å². The fourth-order valence-corrected chi connectivity index (χ4v) is 4.99. The Kier molecular flexibility index (Phi) is 7.23. The van der Waals surface area contributed by atoms with Crippen LogP contribution in [0.15, 0.2) is 36.9 Å². The average molecular weight is 540 g/mol. The molecule has 3 N–H and O–H groups in total. The molecule has 1 amide bonds. The van der Waals surface area contributed by atoms with E-state index in [-0.39, 0.29) is 30.3 Å². The van der Waals surface area contributed by atoms with Gasteiger partial charge >= 0.3 is 6.09 Å². The van der Waals surface area contributed by atoms with Crippen molar-refractivity contribution in [2.45, 2.75) is 70.4 Å². The number of fused-ring (bicyclic) bond motifs is 2. The molecule has 3 aromatic rings. The number of ether oxygens (including phenoxy) is 4. The van der Waals surface area contributed by atoms with Gasteiger partial charge in [0, 0.05) is 18.8 Å². The fourth-order valence-electron chi connectivity index (χ4n) is 4.99. The van der Waals surface area contributed by atoms with Crippen LogP contribution in [0.5, 0.6) is 0 Å². The summed E-state index contributed by atoms with van der Waals surface area (Å²) in [6.07, 6.45) is 1.09. The monoisotopic (exact) mass is 539 g/mol. The molecule has 4 heterocycles. The Labute approximate surface area is 227 Å². The van der Waals surface area contributed by atoms with Crippen molar-refractivity contribution >= 4 is 28.8 Å².